The zero-order valence-electron chi connectivity index (χ0n) is 12.1. The van der Waals surface area contributed by atoms with E-state index in [-0.39, 0.29) is 17.8 Å². The van der Waals surface area contributed by atoms with Gasteiger partial charge in [0.2, 0.25) is 0 Å². The number of anilines is 1. The van der Waals surface area contributed by atoms with Crippen molar-refractivity contribution in [2.75, 3.05) is 26.1 Å². The second kappa shape index (κ2) is 7.04. The Kier molecular flexibility index (Phi) is 5.69. The van der Waals surface area contributed by atoms with E-state index in [2.05, 4.69) is 4.98 Å². The van der Waals surface area contributed by atoms with Crippen LogP contribution in [0.15, 0.2) is 17.1 Å². The maximum absolute atomic E-state index is 11.9. The Hall–Kier alpha value is -1.89. The molecule has 0 radical (unpaired) electrons. The minimum Gasteiger partial charge on any atom is -0.448 e. The van der Waals surface area contributed by atoms with Crippen LogP contribution >= 0.6 is 0 Å². The summed E-state index contributed by atoms with van der Waals surface area (Å²) in [6, 6.07) is 1.37. The van der Waals surface area contributed by atoms with Crippen molar-refractivity contribution in [2.24, 2.45) is 5.41 Å². The fourth-order valence-corrected chi connectivity index (χ4v) is 1.85. The maximum atomic E-state index is 11.9. The number of aromatic nitrogens is 2. The van der Waals surface area contributed by atoms with Gasteiger partial charge >= 0.3 is 11.8 Å². The molecule has 7 nitrogen and oxygen atoms in total. The zero-order chi connectivity index (χ0) is 15.2. The van der Waals surface area contributed by atoms with Gasteiger partial charge in [-0.1, -0.05) is 13.8 Å². The molecular weight excluding hydrogens is 262 g/mol. The van der Waals surface area contributed by atoms with Gasteiger partial charge in [-0.25, -0.2) is 14.2 Å². The van der Waals surface area contributed by atoms with Gasteiger partial charge < -0.3 is 15.2 Å². The minimum absolute atomic E-state index is 0.0647. The Balaban J connectivity index is 2.77. The van der Waals surface area contributed by atoms with Crippen molar-refractivity contribution in [1.82, 2.24) is 9.55 Å². The summed E-state index contributed by atoms with van der Waals surface area (Å²) < 4.78 is 11.2. The van der Waals surface area contributed by atoms with Crippen LogP contribution in [0.3, 0.4) is 0 Å². The first-order chi connectivity index (χ1) is 9.48. The number of ether oxygens (including phenoxy) is 2. The summed E-state index contributed by atoms with van der Waals surface area (Å²) in [5.41, 5.74) is 4.37. The molecule has 0 aliphatic carbocycles. The molecule has 0 saturated heterocycles. The molecule has 0 amide bonds. The third-order valence-corrected chi connectivity index (χ3v) is 3.47. The topological polar surface area (TPSA) is 96.4 Å². The molecule has 0 atom stereocenters. The summed E-state index contributed by atoms with van der Waals surface area (Å²) in [4.78, 5) is 26.9. The molecule has 0 aliphatic heterocycles. The predicted molar refractivity (Wildman–Crippen MR) is 74.5 cm³/mol. The van der Waals surface area contributed by atoms with Crippen LogP contribution in [0.25, 0.3) is 0 Å². The van der Waals surface area contributed by atoms with Gasteiger partial charge in [0, 0.05) is 18.7 Å². The van der Waals surface area contributed by atoms with Crippen LogP contribution in [0.5, 0.6) is 0 Å². The monoisotopic (exact) mass is 283 g/mol. The normalized spacial score (nSPS) is 11.3. The molecule has 0 fully saturated rings. The molecule has 0 bridgehead atoms. The number of nitrogen functional groups attached to an aromatic ring is 1. The first kappa shape index (κ1) is 16.2. The predicted octanol–water partition coefficient (Wildman–Crippen LogP) is 1.26. The van der Waals surface area contributed by atoms with Crippen molar-refractivity contribution in [3.63, 3.8) is 0 Å². The molecule has 0 aliphatic rings. The summed E-state index contributed by atoms with van der Waals surface area (Å²) >= 11 is 0. The lowest BCUT2D eigenvalue weighted by molar-refractivity contribution is 0.0131. The number of carbonyl (C=O) groups excluding carboxylic acids is 1. The zero-order valence-corrected chi connectivity index (χ0v) is 12.1. The van der Waals surface area contributed by atoms with Crippen molar-refractivity contribution in [3.8, 4) is 0 Å². The van der Waals surface area contributed by atoms with E-state index in [4.69, 9.17) is 15.2 Å². The first-order valence-corrected chi connectivity index (χ1v) is 6.49. The Labute approximate surface area is 117 Å². The van der Waals surface area contributed by atoms with E-state index in [0.717, 1.165) is 17.4 Å². The van der Waals surface area contributed by atoms with Crippen LogP contribution in [0.2, 0.25) is 0 Å². The molecule has 7 heteroatoms. The molecule has 2 N–H and O–H groups in total. The Morgan fingerprint density at radius 2 is 2.05 bits per heavy atom. The number of methoxy groups -OCH3 is 1. The standard InChI is InChI=1S/C13H21N3O4/c1-4-13(5-2,8-19-3)9-20-12(18)16-7-6-10(14)15-11(16)17/h6-7H,4-5,8-9H2,1-3H3,(H2,14,15,17). The van der Waals surface area contributed by atoms with Gasteiger partial charge in [-0.2, -0.15) is 4.98 Å². The van der Waals surface area contributed by atoms with E-state index >= 15 is 0 Å². The average molecular weight is 283 g/mol. The fraction of sp³-hybridized carbons (Fsp3) is 0.615. The van der Waals surface area contributed by atoms with Gasteiger partial charge in [-0.05, 0) is 18.9 Å². The van der Waals surface area contributed by atoms with Crippen molar-refractivity contribution in [1.29, 1.82) is 0 Å². The largest absolute Gasteiger partial charge is 0.448 e. The van der Waals surface area contributed by atoms with Gasteiger partial charge in [0.05, 0.1) is 6.61 Å². The molecule has 1 rings (SSSR count). The van der Waals surface area contributed by atoms with Crippen LogP contribution in [0.4, 0.5) is 10.6 Å². The lowest BCUT2D eigenvalue weighted by atomic mass is 9.84. The van der Waals surface area contributed by atoms with Crippen molar-refractivity contribution < 1.29 is 14.3 Å². The number of nitrogens with two attached hydrogens (primary N) is 1. The molecule has 20 heavy (non-hydrogen) atoms. The van der Waals surface area contributed by atoms with Crippen molar-refractivity contribution in [2.45, 2.75) is 26.7 Å². The molecule has 0 aromatic carbocycles. The quantitative estimate of drug-likeness (QED) is 0.844. The fourth-order valence-electron chi connectivity index (χ4n) is 1.85. The highest BCUT2D eigenvalue weighted by atomic mass is 16.6. The SMILES string of the molecule is CCC(CC)(COC)COC(=O)n1ccc(N)nc1=O. The van der Waals surface area contributed by atoms with Gasteiger partial charge in [0.15, 0.2) is 0 Å². The lowest BCUT2D eigenvalue weighted by Gasteiger charge is -2.30. The van der Waals surface area contributed by atoms with Crippen molar-refractivity contribution in [3.05, 3.63) is 22.7 Å². The van der Waals surface area contributed by atoms with Crippen LogP contribution in [0, 0.1) is 5.41 Å². The summed E-state index contributed by atoms with van der Waals surface area (Å²) in [5.74, 6) is 0.0647. The first-order valence-electron chi connectivity index (χ1n) is 6.49. The second-order valence-corrected chi connectivity index (χ2v) is 4.70. The molecule has 0 unspecified atom stereocenters. The van der Waals surface area contributed by atoms with Crippen molar-refractivity contribution >= 4 is 11.9 Å². The average Bonchev–Trinajstić information content (AvgIpc) is 2.43. The molecule has 1 aromatic rings. The van der Waals surface area contributed by atoms with E-state index in [1.807, 2.05) is 13.8 Å². The summed E-state index contributed by atoms with van der Waals surface area (Å²) in [6.07, 6.45) is 2.10. The lowest BCUT2D eigenvalue weighted by Crippen LogP contribution is -2.35. The molecule has 0 spiro atoms. The number of rotatable bonds is 6. The van der Waals surface area contributed by atoms with E-state index in [1.54, 1.807) is 7.11 Å². The summed E-state index contributed by atoms with van der Waals surface area (Å²) in [5, 5.41) is 0. The highest BCUT2D eigenvalue weighted by molar-refractivity contribution is 5.70. The van der Waals surface area contributed by atoms with Gasteiger partial charge in [0.25, 0.3) is 0 Å². The van der Waals surface area contributed by atoms with Crippen LogP contribution < -0.4 is 11.4 Å². The third-order valence-electron chi connectivity index (χ3n) is 3.47. The van der Waals surface area contributed by atoms with E-state index in [1.165, 1.54) is 12.3 Å². The van der Waals surface area contributed by atoms with E-state index < -0.39 is 11.8 Å². The highest BCUT2D eigenvalue weighted by Gasteiger charge is 2.28. The molecule has 0 saturated carbocycles. The Morgan fingerprint density at radius 1 is 1.40 bits per heavy atom. The van der Waals surface area contributed by atoms with E-state index in [0.29, 0.717) is 6.61 Å². The van der Waals surface area contributed by atoms with Crippen LogP contribution in [-0.2, 0) is 9.47 Å². The third kappa shape index (κ3) is 3.80. The number of hydrogen-bond donors (Lipinski definition) is 1. The maximum Gasteiger partial charge on any atom is 0.422 e. The van der Waals surface area contributed by atoms with Gasteiger partial charge in [0.1, 0.15) is 12.4 Å². The van der Waals surface area contributed by atoms with Crippen LogP contribution in [-0.4, -0.2) is 36.0 Å². The highest BCUT2D eigenvalue weighted by Crippen LogP contribution is 2.27. The Bertz CT molecular complexity index is 509. The Morgan fingerprint density at radius 3 is 2.55 bits per heavy atom. The molecule has 1 heterocycles. The van der Waals surface area contributed by atoms with Gasteiger partial charge in [-0.3, -0.25) is 0 Å². The van der Waals surface area contributed by atoms with Gasteiger partial charge in [-0.15, -0.1) is 0 Å². The summed E-state index contributed by atoms with van der Waals surface area (Å²) in [6.45, 7) is 4.69. The molecule has 112 valence electrons. The van der Waals surface area contributed by atoms with E-state index in [9.17, 15) is 9.59 Å². The summed E-state index contributed by atoms with van der Waals surface area (Å²) in [7, 11) is 1.61. The van der Waals surface area contributed by atoms with Crippen LogP contribution in [0.1, 0.15) is 26.7 Å². The minimum atomic E-state index is -0.759. The molecular formula is C13H21N3O4. The number of nitrogens with zero attached hydrogens (tertiary/aromatic N) is 2. The molecule has 1 aromatic heterocycles. The number of hydrogen-bond acceptors (Lipinski definition) is 6. The second-order valence-electron chi connectivity index (χ2n) is 4.70. The smallest absolute Gasteiger partial charge is 0.422 e. The number of carbonyl (C=O) groups is 1.